The van der Waals surface area contributed by atoms with Gasteiger partial charge in [0.25, 0.3) is 0 Å². The van der Waals surface area contributed by atoms with Gasteiger partial charge < -0.3 is 14.8 Å². The fraction of sp³-hybridized carbons (Fsp3) is 0.625. The highest BCUT2D eigenvalue weighted by molar-refractivity contribution is 14.0. The van der Waals surface area contributed by atoms with Gasteiger partial charge in [-0.2, -0.15) is 0 Å². The number of aliphatic imine (C=N–C) groups is 1. The van der Waals surface area contributed by atoms with Crippen LogP contribution in [0.15, 0.2) is 35.3 Å². The lowest BCUT2D eigenvalue weighted by Gasteiger charge is -2.27. The van der Waals surface area contributed by atoms with E-state index < -0.39 is 0 Å². The third-order valence-corrected chi connectivity index (χ3v) is 6.91. The summed E-state index contributed by atoms with van der Waals surface area (Å²) in [7, 11) is 2.01. The quantitative estimate of drug-likeness (QED) is 0.326. The number of likely N-dealkylation sites (N-methyl/N-ethyl adjacent to an activating group) is 1. The van der Waals surface area contributed by atoms with Crippen molar-refractivity contribution in [2.24, 2.45) is 18.0 Å². The van der Waals surface area contributed by atoms with Gasteiger partial charge in [0.05, 0.1) is 0 Å². The molecular weight excluding hydrogens is 513 g/mol. The van der Waals surface area contributed by atoms with Crippen LogP contribution in [0.1, 0.15) is 43.4 Å². The molecule has 2 aromatic rings. The summed E-state index contributed by atoms with van der Waals surface area (Å²) in [6.45, 7) is 10.2. The van der Waals surface area contributed by atoms with E-state index in [0.29, 0.717) is 18.5 Å². The second-order valence-electron chi connectivity index (χ2n) is 8.96. The largest absolute Gasteiger partial charge is 0.355 e. The van der Waals surface area contributed by atoms with Crippen molar-refractivity contribution < 1.29 is 0 Å². The second-order valence-corrected chi connectivity index (χ2v) is 8.96. The van der Waals surface area contributed by atoms with Gasteiger partial charge in [-0.1, -0.05) is 37.3 Å². The minimum absolute atomic E-state index is 0. The molecule has 176 valence electrons. The second kappa shape index (κ2) is 12.0. The molecule has 0 bridgehead atoms. The van der Waals surface area contributed by atoms with Gasteiger partial charge in [-0.15, -0.1) is 34.2 Å². The summed E-state index contributed by atoms with van der Waals surface area (Å²) in [5, 5.41) is 12.2. The maximum Gasteiger partial charge on any atom is 0.194 e. The number of hydrogen-bond donors (Lipinski definition) is 1. The monoisotopic (exact) mass is 551 g/mol. The molecular formula is C24H38IN7. The van der Waals surface area contributed by atoms with E-state index in [1.165, 1.54) is 31.4 Å². The standard InChI is InChI=1S/C24H37N7.HI/c1-4-30-13-8-11-22(30)16-25-24(26-17-23-28-27-19(2)29(23)3)31-14-12-21(18-31)15-20-9-6-5-7-10-20;/h5-7,9-10,21-22H,4,8,11-18H2,1-3H3,(H,25,26);1H. The zero-order chi connectivity index (χ0) is 21.6. The first-order chi connectivity index (χ1) is 15.1. The first-order valence-corrected chi connectivity index (χ1v) is 11.8. The Morgan fingerprint density at radius 3 is 2.69 bits per heavy atom. The molecule has 2 unspecified atom stereocenters. The van der Waals surface area contributed by atoms with E-state index in [2.05, 4.69) is 62.6 Å². The lowest BCUT2D eigenvalue weighted by atomic mass is 9.99. The van der Waals surface area contributed by atoms with Crippen LogP contribution in [0.3, 0.4) is 0 Å². The van der Waals surface area contributed by atoms with Crippen molar-refractivity contribution in [3.63, 3.8) is 0 Å². The summed E-state index contributed by atoms with van der Waals surface area (Å²) in [5.41, 5.74) is 1.43. The van der Waals surface area contributed by atoms with Crippen LogP contribution >= 0.6 is 24.0 Å². The highest BCUT2D eigenvalue weighted by Gasteiger charge is 2.27. The fourth-order valence-corrected chi connectivity index (χ4v) is 4.89. The lowest BCUT2D eigenvalue weighted by molar-refractivity contribution is 0.265. The molecule has 1 aromatic heterocycles. The van der Waals surface area contributed by atoms with E-state index in [1.807, 2.05) is 18.5 Å². The molecule has 2 aliphatic rings. The SMILES string of the molecule is CCN1CCCC1CNC(=NCc1nnc(C)n1C)N1CCC(Cc2ccccc2)C1.I. The zero-order valence-corrected chi connectivity index (χ0v) is 22.0. The maximum absolute atomic E-state index is 4.99. The van der Waals surface area contributed by atoms with E-state index in [0.717, 1.165) is 50.2 Å². The normalized spacial score (nSPS) is 21.7. The van der Waals surface area contributed by atoms with Gasteiger partial charge in [-0.25, -0.2) is 4.99 Å². The minimum Gasteiger partial charge on any atom is -0.355 e. The van der Waals surface area contributed by atoms with E-state index in [1.54, 1.807) is 0 Å². The molecule has 3 heterocycles. The van der Waals surface area contributed by atoms with E-state index in [9.17, 15) is 0 Å². The summed E-state index contributed by atoms with van der Waals surface area (Å²) < 4.78 is 2.03. The number of hydrogen-bond acceptors (Lipinski definition) is 4. The van der Waals surface area contributed by atoms with Crippen LogP contribution in [0, 0.1) is 12.8 Å². The van der Waals surface area contributed by atoms with Crippen LogP contribution in [0.2, 0.25) is 0 Å². The van der Waals surface area contributed by atoms with Crippen LogP contribution in [0.25, 0.3) is 0 Å². The number of aromatic nitrogens is 3. The Bertz CT molecular complexity index is 866. The van der Waals surface area contributed by atoms with Crippen LogP contribution in [0.5, 0.6) is 0 Å². The molecule has 4 rings (SSSR count). The van der Waals surface area contributed by atoms with Crippen molar-refractivity contribution in [1.82, 2.24) is 29.9 Å². The molecule has 2 fully saturated rings. The number of rotatable bonds is 7. The van der Waals surface area contributed by atoms with Gasteiger partial charge in [-0.05, 0) is 57.2 Å². The third-order valence-electron chi connectivity index (χ3n) is 6.91. The van der Waals surface area contributed by atoms with Gasteiger partial charge in [-0.3, -0.25) is 4.90 Å². The summed E-state index contributed by atoms with van der Waals surface area (Å²) >= 11 is 0. The van der Waals surface area contributed by atoms with E-state index in [-0.39, 0.29) is 24.0 Å². The smallest absolute Gasteiger partial charge is 0.194 e. The number of nitrogens with one attached hydrogen (secondary N) is 1. The molecule has 0 spiro atoms. The molecule has 32 heavy (non-hydrogen) atoms. The maximum atomic E-state index is 4.99. The summed E-state index contributed by atoms with van der Waals surface area (Å²) in [5.74, 6) is 3.53. The summed E-state index contributed by atoms with van der Waals surface area (Å²) in [4.78, 5) is 10.0. The highest BCUT2D eigenvalue weighted by atomic mass is 127. The average Bonchev–Trinajstić information content (AvgIpc) is 3.51. The number of guanidine groups is 1. The molecule has 1 aromatic carbocycles. The number of aryl methyl sites for hydroxylation is 1. The summed E-state index contributed by atoms with van der Waals surface area (Å²) in [6.07, 6.45) is 4.92. The predicted octanol–water partition coefficient (Wildman–Crippen LogP) is 3.24. The van der Waals surface area contributed by atoms with Crippen molar-refractivity contribution in [3.05, 3.63) is 47.5 Å². The highest BCUT2D eigenvalue weighted by Crippen LogP contribution is 2.22. The molecule has 0 amide bonds. The molecule has 0 radical (unpaired) electrons. The number of nitrogens with zero attached hydrogens (tertiary/aromatic N) is 6. The average molecular weight is 552 g/mol. The van der Waals surface area contributed by atoms with Crippen LogP contribution in [0.4, 0.5) is 0 Å². The number of benzene rings is 1. The van der Waals surface area contributed by atoms with Crippen molar-refractivity contribution in [1.29, 1.82) is 0 Å². The molecule has 2 atom stereocenters. The van der Waals surface area contributed by atoms with Gasteiger partial charge in [0.2, 0.25) is 0 Å². The Morgan fingerprint density at radius 2 is 1.97 bits per heavy atom. The predicted molar refractivity (Wildman–Crippen MR) is 140 cm³/mol. The Kier molecular flexibility index (Phi) is 9.34. The molecule has 0 aliphatic carbocycles. The van der Waals surface area contributed by atoms with Crippen molar-refractivity contribution in [2.45, 2.75) is 52.1 Å². The van der Waals surface area contributed by atoms with E-state index >= 15 is 0 Å². The van der Waals surface area contributed by atoms with Crippen LogP contribution < -0.4 is 5.32 Å². The van der Waals surface area contributed by atoms with Crippen molar-refractivity contribution in [3.8, 4) is 0 Å². The molecule has 1 N–H and O–H groups in total. The summed E-state index contributed by atoms with van der Waals surface area (Å²) in [6, 6.07) is 11.5. The topological polar surface area (TPSA) is 61.6 Å². The van der Waals surface area contributed by atoms with Gasteiger partial charge in [0.15, 0.2) is 11.8 Å². The Labute approximate surface area is 209 Å². The molecule has 2 aliphatic heterocycles. The van der Waals surface area contributed by atoms with Crippen LogP contribution in [-0.4, -0.2) is 69.3 Å². The lowest BCUT2D eigenvalue weighted by Crippen LogP contribution is -2.46. The fourth-order valence-electron chi connectivity index (χ4n) is 4.89. The van der Waals surface area contributed by atoms with Crippen molar-refractivity contribution in [2.75, 3.05) is 32.7 Å². The Balaban J connectivity index is 0.00000289. The Morgan fingerprint density at radius 1 is 1.16 bits per heavy atom. The van der Waals surface area contributed by atoms with E-state index in [4.69, 9.17) is 4.99 Å². The molecule has 0 saturated carbocycles. The Hall–Kier alpha value is -1.68. The zero-order valence-electron chi connectivity index (χ0n) is 19.7. The number of halogens is 1. The number of likely N-dealkylation sites (tertiary alicyclic amines) is 2. The van der Waals surface area contributed by atoms with Gasteiger partial charge in [0, 0.05) is 32.7 Å². The molecule has 8 heteroatoms. The van der Waals surface area contributed by atoms with Crippen LogP contribution in [-0.2, 0) is 20.0 Å². The van der Waals surface area contributed by atoms with Gasteiger partial charge >= 0.3 is 0 Å². The van der Waals surface area contributed by atoms with Gasteiger partial charge in [0.1, 0.15) is 12.4 Å². The third kappa shape index (κ3) is 6.21. The van der Waals surface area contributed by atoms with Crippen molar-refractivity contribution >= 4 is 29.9 Å². The first kappa shape index (κ1) is 25.0. The molecule has 7 nitrogen and oxygen atoms in total. The minimum atomic E-state index is 0. The first-order valence-electron chi connectivity index (χ1n) is 11.8. The molecule has 2 saturated heterocycles.